The molecule has 2 amide bonds. The number of H-pyrrole nitrogens is 1. The number of carbonyl (C=O) groups is 2. The highest BCUT2D eigenvalue weighted by molar-refractivity contribution is 6.04. The van der Waals surface area contributed by atoms with Gasteiger partial charge >= 0.3 is 0 Å². The molecule has 4 rings (SSSR count). The molecule has 2 aliphatic heterocycles. The third-order valence-electron chi connectivity index (χ3n) is 6.13. The summed E-state index contributed by atoms with van der Waals surface area (Å²) in [5.41, 5.74) is 1.13. The zero-order valence-corrected chi connectivity index (χ0v) is 18.9. The van der Waals surface area contributed by atoms with Crippen LogP contribution in [0.5, 0.6) is 0 Å². The molecule has 1 saturated heterocycles. The molecule has 2 aliphatic rings. The molecule has 1 atom stereocenters. The SMILES string of the molecule is C=C(OCC)c1ccc(NC(=O)[C@@H]2CC(=O)Nc3nc(N4CCC(C)CC4)[nH]c(=O)c32)cc1. The number of rotatable bonds is 6. The molecule has 9 heteroatoms. The quantitative estimate of drug-likeness (QED) is 0.581. The number of anilines is 3. The number of aromatic nitrogens is 2. The minimum Gasteiger partial charge on any atom is -0.494 e. The van der Waals surface area contributed by atoms with Crippen molar-refractivity contribution in [3.63, 3.8) is 0 Å². The maximum atomic E-state index is 13.0. The van der Waals surface area contributed by atoms with Crippen LogP contribution in [0.25, 0.3) is 5.76 Å². The van der Waals surface area contributed by atoms with Crippen molar-refractivity contribution >= 4 is 35.0 Å². The molecule has 0 saturated carbocycles. The summed E-state index contributed by atoms with van der Waals surface area (Å²) in [7, 11) is 0. The number of amides is 2. The van der Waals surface area contributed by atoms with E-state index in [9.17, 15) is 14.4 Å². The van der Waals surface area contributed by atoms with Crippen LogP contribution >= 0.6 is 0 Å². The standard InChI is InChI=1S/C24H29N5O4/c1-4-33-15(3)16-5-7-17(8-6-16)25-22(31)18-13-19(30)26-21-20(18)23(32)28-24(27-21)29-11-9-14(2)10-12-29/h5-8,14,18H,3-4,9-13H2,1-2H3,(H,25,31)(H2,26,27,28,30,32)/t18-/m1/s1. The number of nitrogens with one attached hydrogen (secondary N) is 3. The third-order valence-corrected chi connectivity index (χ3v) is 6.13. The normalized spacial score (nSPS) is 18.3. The van der Waals surface area contributed by atoms with Gasteiger partial charge in [-0.1, -0.05) is 13.5 Å². The van der Waals surface area contributed by atoms with Crippen LogP contribution in [-0.2, 0) is 14.3 Å². The van der Waals surface area contributed by atoms with E-state index in [0.717, 1.165) is 31.5 Å². The molecule has 0 aliphatic carbocycles. The predicted molar refractivity (Wildman–Crippen MR) is 127 cm³/mol. The Hall–Kier alpha value is -3.62. The summed E-state index contributed by atoms with van der Waals surface area (Å²) in [5, 5.41) is 5.47. The number of hydrogen-bond donors (Lipinski definition) is 3. The number of hydrogen-bond acceptors (Lipinski definition) is 6. The number of fused-ring (bicyclic) bond motifs is 1. The molecule has 0 radical (unpaired) electrons. The summed E-state index contributed by atoms with van der Waals surface area (Å²) in [6.07, 6.45) is 1.90. The summed E-state index contributed by atoms with van der Waals surface area (Å²) < 4.78 is 5.39. The minimum atomic E-state index is -0.932. The number of piperidine rings is 1. The first-order chi connectivity index (χ1) is 15.9. The number of aromatic amines is 1. The first-order valence-electron chi connectivity index (χ1n) is 11.3. The molecule has 174 valence electrons. The average Bonchev–Trinajstić information content (AvgIpc) is 2.79. The second-order valence-electron chi connectivity index (χ2n) is 8.55. The Morgan fingerprint density at radius 2 is 1.94 bits per heavy atom. The van der Waals surface area contributed by atoms with E-state index in [-0.39, 0.29) is 23.7 Å². The molecule has 0 unspecified atom stereocenters. The molecule has 9 nitrogen and oxygen atoms in total. The van der Waals surface area contributed by atoms with Gasteiger partial charge in [0.2, 0.25) is 17.8 Å². The van der Waals surface area contributed by atoms with E-state index in [1.807, 2.05) is 11.8 Å². The van der Waals surface area contributed by atoms with Crippen molar-refractivity contribution in [2.45, 2.75) is 39.0 Å². The van der Waals surface area contributed by atoms with Gasteiger partial charge in [0.05, 0.1) is 18.1 Å². The molecular weight excluding hydrogens is 422 g/mol. The molecule has 2 aromatic rings. The summed E-state index contributed by atoms with van der Waals surface area (Å²) in [6, 6.07) is 7.03. The summed E-state index contributed by atoms with van der Waals surface area (Å²) in [4.78, 5) is 47.7. The van der Waals surface area contributed by atoms with Crippen molar-refractivity contribution in [2.75, 3.05) is 35.2 Å². The van der Waals surface area contributed by atoms with E-state index in [1.54, 1.807) is 24.3 Å². The van der Waals surface area contributed by atoms with E-state index in [4.69, 9.17) is 4.74 Å². The van der Waals surface area contributed by atoms with Crippen LogP contribution in [-0.4, -0.2) is 41.5 Å². The van der Waals surface area contributed by atoms with Gasteiger partial charge in [0.25, 0.3) is 5.56 Å². The molecule has 3 heterocycles. The molecule has 1 fully saturated rings. The van der Waals surface area contributed by atoms with Crippen LogP contribution in [0.3, 0.4) is 0 Å². The van der Waals surface area contributed by atoms with Gasteiger partial charge in [-0.25, -0.2) is 0 Å². The minimum absolute atomic E-state index is 0.122. The molecule has 0 spiro atoms. The van der Waals surface area contributed by atoms with E-state index in [2.05, 4.69) is 34.1 Å². The second kappa shape index (κ2) is 9.48. The highest BCUT2D eigenvalue weighted by Gasteiger charge is 2.35. The van der Waals surface area contributed by atoms with Crippen molar-refractivity contribution in [1.29, 1.82) is 0 Å². The number of carbonyl (C=O) groups excluding carboxylic acids is 2. The monoisotopic (exact) mass is 451 g/mol. The molecule has 1 aromatic carbocycles. The highest BCUT2D eigenvalue weighted by atomic mass is 16.5. The summed E-state index contributed by atoms with van der Waals surface area (Å²) in [6.45, 7) is 10.0. The van der Waals surface area contributed by atoms with Gasteiger partial charge in [-0.3, -0.25) is 19.4 Å². The maximum absolute atomic E-state index is 13.0. The first-order valence-corrected chi connectivity index (χ1v) is 11.3. The van der Waals surface area contributed by atoms with E-state index < -0.39 is 17.4 Å². The molecular formula is C24H29N5O4. The summed E-state index contributed by atoms with van der Waals surface area (Å²) in [5.74, 6) is 0.0499. The average molecular weight is 452 g/mol. The Balaban J connectivity index is 1.54. The van der Waals surface area contributed by atoms with E-state index >= 15 is 0 Å². The van der Waals surface area contributed by atoms with Crippen molar-refractivity contribution in [3.05, 3.63) is 52.3 Å². The van der Waals surface area contributed by atoms with Crippen LogP contribution in [0.2, 0.25) is 0 Å². The maximum Gasteiger partial charge on any atom is 0.258 e. The lowest BCUT2D eigenvalue weighted by atomic mass is 9.92. The Morgan fingerprint density at radius 1 is 1.24 bits per heavy atom. The summed E-state index contributed by atoms with van der Waals surface area (Å²) >= 11 is 0. The predicted octanol–water partition coefficient (Wildman–Crippen LogP) is 3.08. The van der Waals surface area contributed by atoms with Crippen LogP contribution < -0.4 is 21.1 Å². The van der Waals surface area contributed by atoms with Crippen molar-refractivity contribution in [3.8, 4) is 0 Å². The Bertz CT molecular complexity index is 1120. The van der Waals surface area contributed by atoms with Gasteiger partial charge in [0, 0.05) is 30.8 Å². The van der Waals surface area contributed by atoms with Gasteiger partial charge < -0.3 is 20.3 Å². The Morgan fingerprint density at radius 3 is 2.61 bits per heavy atom. The Kier molecular flexibility index (Phi) is 6.48. The highest BCUT2D eigenvalue weighted by Crippen LogP contribution is 2.31. The second-order valence-corrected chi connectivity index (χ2v) is 8.55. The van der Waals surface area contributed by atoms with E-state index in [0.29, 0.717) is 29.9 Å². The van der Waals surface area contributed by atoms with Gasteiger partial charge in [-0.05, 0) is 49.9 Å². The number of benzene rings is 1. The molecule has 0 bridgehead atoms. The lowest BCUT2D eigenvalue weighted by molar-refractivity contribution is -0.123. The van der Waals surface area contributed by atoms with Crippen LogP contribution in [0.15, 0.2) is 35.6 Å². The molecule has 1 aromatic heterocycles. The topological polar surface area (TPSA) is 116 Å². The van der Waals surface area contributed by atoms with Crippen molar-refractivity contribution < 1.29 is 14.3 Å². The van der Waals surface area contributed by atoms with Crippen molar-refractivity contribution in [1.82, 2.24) is 9.97 Å². The smallest absolute Gasteiger partial charge is 0.258 e. The third kappa shape index (κ3) is 4.92. The van der Waals surface area contributed by atoms with Crippen molar-refractivity contribution in [2.24, 2.45) is 5.92 Å². The van der Waals surface area contributed by atoms with Gasteiger partial charge in [-0.2, -0.15) is 4.98 Å². The first kappa shape index (κ1) is 22.6. The lowest BCUT2D eigenvalue weighted by Gasteiger charge is -2.31. The van der Waals surface area contributed by atoms with Crippen LogP contribution in [0.1, 0.15) is 50.2 Å². The van der Waals surface area contributed by atoms with Gasteiger partial charge in [0.1, 0.15) is 11.6 Å². The molecule has 33 heavy (non-hydrogen) atoms. The van der Waals surface area contributed by atoms with Gasteiger partial charge in [-0.15, -0.1) is 0 Å². The fourth-order valence-electron chi connectivity index (χ4n) is 4.18. The lowest BCUT2D eigenvalue weighted by Crippen LogP contribution is -2.39. The van der Waals surface area contributed by atoms with Crippen LogP contribution in [0, 0.1) is 5.92 Å². The molecule has 3 N–H and O–H groups in total. The fraction of sp³-hybridized carbons (Fsp3) is 0.417. The number of ether oxygens (including phenoxy) is 1. The zero-order valence-electron chi connectivity index (χ0n) is 18.9. The largest absolute Gasteiger partial charge is 0.494 e. The Labute approximate surface area is 192 Å². The zero-order chi connectivity index (χ0) is 23.5. The fourth-order valence-corrected chi connectivity index (χ4v) is 4.18. The van der Waals surface area contributed by atoms with E-state index in [1.165, 1.54) is 0 Å². The van der Waals surface area contributed by atoms with Gasteiger partial charge in [0.15, 0.2) is 0 Å². The van der Waals surface area contributed by atoms with Crippen LogP contribution in [0.4, 0.5) is 17.5 Å². The number of nitrogens with zero attached hydrogens (tertiary/aromatic N) is 2.